The topological polar surface area (TPSA) is 56.4 Å². The summed E-state index contributed by atoms with van der Waals surface area (Å²) in [6.07, 6.45) is -12.9. The fourth-order valence-corrected chi connectivity index (χ4v) is 7.38. The molecule has 4 nitrogen and oxygen atoms in total. The van der Waals surface area contributed by atoms with E-state index in [0.29, 0.717) is 17.7 Å². The zero-order chi connectivity index (χ0) is 55.0. The van der Waals surface area contributed by atoms with Crippen LogP contribution in [0.25, 0.3) is 21.3 Å². The van der Waals surface area contributed by atoms with E-state index in [4.69, 9.17) is 0 Å². The molecule has 2 unspecified atom stereocenters. The van der Waals surface area contributed by atoms with Crippen LogP contribution in [0.15, 0.2) is 145 Å². The second kappa shape index (κ2) is 36.1. The van der Waals surface area contributed by atoms with Gasteiger partial charge in [0.15, 0.2) is 0 Å². The Labute approximate surface area is 494 Å². The Morgan fingerprint density at radius 2 is 0.785 bits per heavy atom. The van der Waals surface area contributed by atoms with Gasteiger partial charge in [0.2, 0.25) is 0 Å². The standard InChI is InChI=1S/C21H17F9N2.C17H18N2.C12H18.C10H14.4CH3.2Ru/c1-11-4-12(2)6-16(5-11)31-13(3)7-18(21(28,29)30)32-17-9-14(19(22,23)24)8-15(10-17)20(25,26)27;1-14(18-16-9-5-3-6-10-16)13-15(2)19-17-11-7-4-8-12-17;1-7-8(2)10(4)12(6)11(5)9(7)3;1-8(2)10-6-4-9(3)5-7-10;;;;;;/h4-10,18H,1-3H3;3-14H,1-2H3;1-6H3;4-8H,1-3H3;4*1H3;;/q2*-2;;;4*-1;+4;+5. The first-order chi connectivity index (χ1) is 33.8. The van der Waals surface area contributed by atoms with E-state index in [1.54, 1.807) is 26.0 Å². The molecule has 6 rings (SSSR count). The number of allylic oxidation sites excluding steroid dienone is 2. The van der Waals surface area contributed by atoms with Gasteiger partial charge in [-0.2, -0.15) is 50.9 Å². The number of halogens is 9. The molecule has 0 aromatic heterocycles. The van der Waals surface area contributed by atoms with Crippen LogP contribution in [0.5, 0.6) is 0 Å². The van der Waals surface area contributed by atoms with Crippen LogP contribution in [0.4, 0.5) is 62.3 Å². The SMILES string of the molecule is CC(=CC(C)[N-]c1ccccc1)[N-]c1ccccc1.CC(=CC([N-]c1cc(C(F)(F)F)cc(C(F)(F)F)c1)C(F)(F)F)[N-]c1cc(C)cc(C)c1.Cc1c(C)c(C)c(C)c(C)c1C.Cc1ccc(C(C)C)cc1.[CH3-].[CH3-].[CH3-].[CH3-].[Ru+4].[Ru+5]. The second-order valence-electron chi connectivity index (χ2n) is 18.4. The van der Waals surface area contributed by atoms with E-state index in [0.717, 1.165) is 28.2 Å². The van der Waals surface area contributed by atoms with Crippen LogP contribution in [0, 0.1) is 92.0 Å². The molecule has 0 bridgehead atoms. The van der Waals surface area contributed by atoms with Crippen molar-refractivity contribution in [2.45, 2.75) is 133 Å². The summed E-state index contributed by atoms with van der Waals surface area (Å²) < 4.78 is 118. The van der Waals surface area contributed by atoms with E-state index < -0.39 is 41.4 Å². The molecule has 1 radical (unpaired) electrons. The van der Waals surface area contributed by atoms with Crippen molar-refractivity contribution in [2.75, 3.05) is 0 Å². The number of rotatable bonds is 11. The summed E-state index contributed by atoms with van der Waals surface area (Å²) in [5, 5.41) is 16.3. The maximum absolute atomic E-state index is 13.5. The number of alkyl halides is 9. The van der Waals surface area contributed by atoms with Gasteiger partial charge >= 0.3 is 57.5 Å². The molecule has 0 amide bonds. The summed E-state index contributed by atoms with van der Waals surface area (Å²) in [7, 11) is 0. The molecule has 0 spiro atoms. The van der Waals surface area contributed by atoms with Crippen LogP contribution in [0.1, 0.15) is 107 Å². The maximum Gasteiger partial charge on any atom is 5.00 e. The molecule has 79 heavy (non-hydrogen) atoms. The molecule has 0 fully saturated rings. The molecular weight excluding hydrogens is 1200 g/mol. The van der Waals surface area contributed by atoms with E-state index >= 15 is 0 Å². The molecule has 2 atom stereocenters. The fraction of sp³-hybridized carbons (Fsp3) is 0.312. The predicted octanol–water partition coefficient (Wildman–Crippen LogP) is 23.0. The molecule has 0 N–H and O–H groups in total. The monoisotopic (exact) mass is 1280 g/mol. The molecule has 0 saturated carbocycles. The van der Waals surface area contributed by atoms with Gasteiger partial charge in [-0.15, -0.1) is 40.9 Å². The first-order valence-corrected chi connectivity index (χ1v) is 23.7. The fourth-order valence-electron chi connectivity index (χ4n) is 7.38. The molecule has 0 aliphatic heterocycles. The Morgan fingerprint density at radius 3 is 1.15 bits per heavy atom. The zero-order valence-electron chi connectivity index (χ0n) is 48.8. The zero-order valence-corrected chi connectivity index (χ0v) is 52.3. The van der Waals surface area contributed by atoms with E-state index in [2.05, 4.69) is 121 Å². The number of hydrogen-bond acceptors (Lipinski definition) is 0. The van der Waals surface area contributed by atoms with Crippen LogP contribution in [0.2, 0.25) is 0 Å². The van der Waals surface area contributed by atoms with Crippen molar-refractivity contribution < 1.29 is 78.5 Å². The van der Waals surface area contributed by atoms with Gasteiger partial charge in [-0.25, -0.2) is 0 Å². The van der Waals surface area contributed by atoms with E-state index in [-0.39, 0.29) is 98.6 Å². The van der Waals surface area contributed by atoms with Crippen LogP contribution in [0.3, 0.4) is 0 Å². The van der Waals surface area contributed by atoms with Crippen molar-refractivity contribution in [3.8, 4) is 0 Å². The molecule has 0 aliphatic carbocycles. The summed E-state index contributed by atoms with van der Waals surface area (Å²) in [5.41, 5.74) is 11.6. The average molecular weight is 1280 g/mol. The van der Waals surface area contributed by atoms with Crippen molar-refractivity contribution in [1.82, 2.24) is 0 Å². The van der Waals surface area contributed by atoms with E-state index in [1.807, 2.05) is 73.7 Å². The number of para-hydroxylation sites is 2. The third-order valence-corrected chi connectivity index (χ3v) is 11.9. The Morgan fingerprint density at radius 1 is 0.418 bits per heavy atom. The minimum absolute atomic E-state index is 0. The average Bonchev–Trinajstić information content (AvgIpc) is 3.29. The van der Waals surface area contributed by atoms with Gasteiger partial charge < -0.3 is 51.0 Å². The number of hydrogen-bond donors (Lipinski definition) is 0. The Balaban J connectivity index is -0.000000510. The van der Waals surface area contributed by atoms with Crippen molar-refractivity contribution in [1.29, 1.82) is 0 Å². The van der Waals surface area contributed by atoms with Gasteiger partial charge in [-0.05, 0) is 119 Å². The summed E-state index contributed by atoms with van der Waals surface area (Å²) >= 11 is 0. The van der Waals surface area contributed by atoms with Gasteiger partial charge in [0.25, 0.3) is 0 Å². The quantitative estimate of drug-likeness (QED) is 0.0705. The summed E-state index contributed by atoms with van der Waals surface area (Å²) in [6, 6.07) is 31.2. The first kappa shape index (κ1) is 80.1. The van der Waals surface area contributed by atoms with Crippen LogP contribution in [-0.2, 0) is 51.3 Å². The Hall–Kier alpha value is -5.38. The third kappa shape index (κ3) is 27.6. The predicted molar refractivity (Wildman–Crippen MR) is 310 cm³/mol. The number of benzene rings is 6. The minimum Gasteiger partial charge on any atom is -0.679 e. The number of nitrogens with zero attached hydrogens (tertiary/aromatic N) is 4. The molecular formula is C64H79F9N4Ru2+. The first-order valence-electron chi connectivity index (χ1n) is 23.7. The van der Waals surface area contributed by atoms with Gasteiger partial charge in [0, 0.05) is 0 Å². The smallest absolute Gasteiger partial charge is 0.679 e. The summed E-state index contributed by atoms with van der Waals surface area (Å²) in [4.78, 5) is 0. The normalized spacial score (nSPS) is 11.8. The summed E-state index contributed by atoms with van der Waals surface area (Å²) in [6.45, 7) is 28.6. The van der Waals surface area contributed by atoms with Crippen molar-refractivity contribution in [3.05, 3.63) is 263 Å². The molecule has 0 aliphatic rings. The second-order valence-corrected chi connectivity index (χ2v) is 18.4. The van der Waals surface area contributed by atoms with Crippen LogP contribution in [-0.4, -0.2) is 18.3 Å². The molecule has 433 valence electrons. The molecule has 6 aromatic rings. The largest absolute Gasteiger partial charge is 5.00 e. The third-order valence-electron chi connectivity index (χ3n) is 11.9. The van der Waals surface area contributed by atoms with Crippen molar-refractivity contribution in [2.24, 2.45) is 0 Å². The van der Waals surface area contributed by atoms with Crippen molar-refractivity contribution >= 4 is 22.7 Å². The van der Waals surface area contributed by atoms with Crippen LogP contribution < -0.4 is 0 Å². The van der Waals surface area contributed by atoms with Gasteiger partial charge in [-0.3, -0.25) is 0 Å². The van der Waals surface area contributed by atoms with Crippen LogP contribution >= 0.6 is 0 Å². The molecule has 15 heteroatoms. The van der Waals surface area contributed by atoms with E-state index in [9.17, 15) is 39.5 Å². The number of aryl methyl sites for hydroxylation is 3. The maximum atomic E-state index is 13.5. The van der Waals surface area contributed by atoms with Gasteiger partial charge in [0.1, 0.15) is 0 Å². The molecule has 0 heterocycles. The molecule has 6 aromatic carbocycles. The minimum atomic E-state index is -5.20. The van der Waals surface area contributed by atoms with E-state index in [1.165, 1.54) is 51.4 Å². The van der Waals surface area contributed by atoms with Gasteiger partial charge in [0.05, 0.1) is 11.1 Å². The Bertz CT molecular complexity index is 2590. The Kier molecular flexibility index (Phi) is 36.6. The molecule has 0 saturated heterocycles. The summed E-state index contributed by atoms with van der Waals surface area (Å²) in [5.74, 6) is 0.653. The van der Waals surface area contributed by atoms with Crippen molar-refractivity contribution in [3.63, 3.8) is 0 Å². The van der Waals surface area contributed by atoms with Gasteiger partial charge in [-0.1, -0.05) is 167 Å².